The number of carbonyl (C=O) groups is 2. The van der Waals surface area contributed by atoms with Crippen molar-refractivity contribution < 1.29 is 14.4 Å². The van der Waals surface area contributed by atoms with E-state index < -0.39 is 17.7 Å². The molecule has 0 heterocycles. The Morgan fingerprint density at radius 2 is 1.95 bits per heavy atom. The molecule has 7 heteroatoms. The van der Waals surface area contributed by atoms with Crippen molar-refractivity contribution in [1.29, 1.82) is 5.41 Å². The van der Waals surface area contributed by atoms with Crippen LogP contribution in [0.1, 0.15) is 23.2 Å². The Labute approximate surface area is 122 Å². The van der Waals surface area contributed by atoms with Crippen LogP contribution in [-0.2, 0) is 9.59 Å². The van der Waals surface area contributed by atoms with Crippen molar-refractivity contribution in [3.8, 4) is 0 Å². The van der Waals surface area contributed by atoms with Crippen LogP contribution >= 0.6 is 0 Å². The largest absolute Gasteiger partial charge is 0.370 e. The van der Waals surface area contributed by atoms with Gasteiger partial charge in [-0.3, -0.25) is 19.8 Å². The Kier molecular flexibility index (Phi) is 6.59. The van der Waals surface area contributed by atoms with E-state index in [2.05, 4.69) is 10.6 Å². The molecular weight excluding hydrogens is 272 g/mol. The molecule has 1 amide bonds. The molecule has 7 nitrogen and oxygen atoms in total. The van der Waals surface area contributed by atoms with Gasteiger partial charge >= 0.3 is 0 Å². The minimum atomic E-state index is -0.862. The predicted octanol–water partition coefficient (Wildman–Crippen LogP) is -0.273. The maximum Gasteiger partial charge on any atom is 0.292 e. The fourth-order valence-electron chi connectivity index (χ4n) is 1.63. The third kappa shape index (κ3) is 5.85. The van der Waals surface area contributed by atoms with E-state index in [1.165, 1.54) is 12.1 Å². The van der Waals surface area contributed by atoms with Crippen LogP contribution in [0.5, 0.6) is 0 Å². The molecule has 1 aromatic rings. The number of amides is 1. The molecule has 0 unspecified atom stereocenters. The molecule has 1 radical (unpaired) electrons. The number of carbonyl (C=O) groups excluding carboxylic acids is 3. The number of hydrogen-bond donors (Lipinski definition) is 4. The van der Waals surface area contributed by atoms with E-state index in [0.717, 1.165) is 0 Å². The van der Waals surface area contributed by atoms with Crippen LogP contribution in [0, 0.1) is 5.41 Å². The number of guanidine groups is 1. The minimum absolute atomic E-state index is 0.162. The highest BCUT2D eigenvalue weighted by Gasteiger charge is 2.19. The number of hydrogen-bond acceptors (Lipinski definition) is 4. The number of ketones is 1. The van der Waals surface area contributed by atoms with Crippen molar-refractivity contribution in [1.82, 2.24) is 10.6 Å². The van der Waals surface area contributed by atoms with Crippen LogP contribution in [0.15, 0.2) is 30.3 Å². The quantitative estimate of drug-likeness (QED) is 0.172. The molecule has 0 aliphatic heterocycles. The molecule has 0 aliphatic carbocycles. The monoisotopic (exact) mass is 289 g/mol. The average molecular weight is 289 g/mol. The highest BCUT2D eigenvalue weighted by Crippen LogP contribution is 2.01. The summed E-state index contributed by atoms with van der Waals surface area (Å²) in [6.45, 7) is 0.399. The number of rotatable bonds is 8. The van der Waals surface area contributed by atoms with Gasteiger partial charge < -0.3 is 16.4 Å². The molecule has 21 heavy (non-hydrogen) atoms. The zero-order valence-corrected chi connectivity index (χ0v) is 11.4. The van der Waals surface area contributed by atoms with Gasteiger partial charge in [-0.05, 0) is 12.8 Å². The summed E-state index contributed by atoms with van der Waals surface area (Å²) in [6.07, 6.45) is 2.48. The second kappa shape index (κ2) is 8.47. The molecule has 0 saturated heterocycles. The smallest absolute Gasteiger partial charge is 0.292 e. The third-order valence-electron chi connectivity index (χ3n) is 2.67. The van der Waals surface area contributed by atoms with Crippen LogP contribution in [0.4, 0.5) is 0 Å². The van der Waals surface area contributed by atoms with Crippen LogP contribution < -0.4 is 16.4 Å². The van der Waals surface area contributed by atoms with E-state index in [1.807, 2.05) is 0 Å². The molecule has 0 spiro atoms. The first-order valence-electron chi connectivity index (χ1n) is 6.40. The lowest BCUT2D eigenvalue weighted by atomic mass is 10.1. The lowest BCUT2D eigenvalue weighted by Crippen LogP contribution is -2.41. The maximum absolute atomic E-state index is 11.8. The SMILES string of the molecule is N=C(N)NCCC[C@@H]([C]=O)NC(=O)C(=O)c1ccccc1. The first kappa shape index (κ1) is 16.4. The van der Waals surface area contributed by atoms with Gasteiger partial charge in [0.15, 0.2) is 5.96 Å². The van der Waals surface area contributed by atoms with Crippen molar-refractivity contribution in [2.75, 3.05) is 6.54 Å². The van der Waals surface area contributed by atoms with E-state index in [1.54, 1.807) is 24.5 Å². The molecule has 0 saturated carbocycles. The van der Waals surface area contributed by atoms with Gasteiger partial charge in [-0.2, -0.15) is 0 Å². The van der Waals surface area contributed by atoms with Gasteiger partial charge in [0.25, 0.3) is 5.91 Å². The van der Waals surface area contributed by atoms with E-state index >= 15 is 0 Å². The molecule has 0 bridgehead atoms. The molecule has 0 aromatic heterocycles. The Morgan fingerprint density at radius 3 is 2.52 bits per heavy atom. The topological polar surface area (TPSA) is 125 Å². The van der Waals surface area contributed by atoms with Gasteiger partial charge in [-0.15, -0.1) is 0 Å². The van der Waals surface area contributed by atoms with Gasteiger partial charge in [0.05, 0.1) is 6.04 Å². The molecule has 0 fully saturated rings. The van der Waals surface area contributed by atoms with Crippen molar-refractivity contribution in [3.63, 3.8) is 0 Å². The molecule has 0 aliphatic rings. The summed E-state index contributed by atoms with van der Waals surface area (Å²) in [5.41, 5.74) is 5.37. The lowest BCUT2D eigenvalue weighted by molar-refractivity contribution is -0.117. The van der Waals surface area contributed by atoms with Crippen LogP contribution in [0.2, 0.25) is 0 Å². The second-order valence-electron chi connectivity index (χ2n) is 4.32. The summed E-state index contributed by atoms with van der Waals surface area (Å²) in [7, 11) is 0. The first-order chi connectivity index (χ1) is 10.0. The summed E-state index contributed by atoms with van der Waals surface area (Å²) in [5.74, 6) is -1.70. The second-order valence-corrected chi connectivity index (χ2v) is 4.32. The number of Topliss-reactive ketones (excluding diaryl/α,β-unsaturated/α-hetero) is 1. The van der Waals surface area contributed by atoms with E-state index in [0.29, 0.717) is 19.4 Å². The average Bonchev–Trinajstić information content (AvgIpc) is 2.49. The summed E-state index contributed by atoms with van der Waals surface area (Å²) in [5, 5.41) is 11.9. The molecule has 5 N–H and O–H groups in total. The number of nitrogens with one attached hydrogen (secondary N) is 3. The molecule has 1 rings (SSSR count). The normalized spacial score (nSPS) is 11.2. The van der Waals surface area contributed by atoms with E-state index in [-0.39, 0.29) is 11.5 Å². The summed E-state index contributed by atoms with van der Waals surface area (Å²) in [6, 6.07) is 7.23. The lowest BCUT2D eigenvalue weighted by Gasteiger charge is -2.11. The van der Waals surface area contributed by atoms with Crippen LogP contribution in [-0.4, -0.2) is 36.5 Å². The molecule has 1 atom stereocenters. The summed E-state index contributed by atoms with van der Waals surface area (Å²) >= 11 is 0. The predicted molar refractivity (Wildman–Crippen MR) is 77.5 cm³/mol. The van der Waals surface area contributed by atoms with E-state index in [9.17, 15) is 14.4 Å². The standard InChI is InChI=1S/C14H17N4O3/c15-14(16)17-8-4-7-11(9-19)18-13(21)12(20)10-5-2-1-3-6-10/h1-3,5-6,11H,4,7-8H2,(H,18,21)(H4,15,16,17)/t11-/m0/s1. The zero-order valence-electron chi connectivity index (χ0n) is 11.4. The van der Waals surface area contributed by atoms with Crippen molar-refractivity contribution in [3.05, 3.63) is 35.9 Å². The number of nitrogens with two attached hydrogens (primary N) is 1. The molecule has 1 aromatic carbocycles. The summed E-state index contributed by atoms with van der Waals surface area (Å²) in [4.78, 5) is 34.4. The first-order valence-corrected chi connectivity index (χ1v) is 6.40. The van der Waals surface area contributed by atoms with Crippen LogP contribution in [0.3, 0.4) is 0 Å². The number of benzene rings is 1. The highest BCUT2D eigenvalue weighted by molar-refractivity contribution is 6.43. The van der Waals surface area contributed by atoms with Crippen molar-refractivity contribution in [2.24, 2.45) is 5.73 Å². The zero-order chi connectivity index (χ0) is 15.7. The van der Waals surface area contributed by atoms with Gasteiger partial charge in [0, 0.05) is 12.1 Å². The highest BCUT2D eigenvalue weighted by atomic mass is 16.2. The molecular formula is C14H17N4O3. The Balaban J connectivity index is 2.45. The molecule has 111 valence electrons. The van der Waals surface area contributed by atoms with Crippen LogP contribution in [0.25, 0.3) is 0 Å². The maximum atomic E-state index is 11.8. The Morgan fingerprint density at radius 1 is 1.29 bits per heavy atom. The minimum Gasteiger partial charge on any atom is -0.370 e. The fourth-order valence-corrected chi connectivity index (χ4v) is 1.63. The van der Waals surface area contributed by atoms with Gasteiger partial charge in [-0.25, -0.2) is 0 Å². The van der Waals surface area contributed by atoms with Gasteiger partial charge in [-0.1, -0.05) is 30.3 Å². The van der Waals surface area contributed by atoms with Crippen molar-refractivity contribution >= 4 is 23.9 Å². The van der Waals surface area contributed by atoms with Gasteiger partial charge in [0.2, 0.25) is 12.1 Å². The van der Waals surface area contributed by atoms with E-state index in [4.69, 9.17) is 11.1 Å². The Hall–Kier alpha value is -2.70. The third-order valence-corrected chi connectivity index (χ3v) is 2.67. The van der Waals surface area contributed by atoms with Gasteiger partial charge in [0.1, 0.15) is 0 Å². The van der Waals surface area contributed by atoms with Crippen molar-refractivity contribution in [2.45, 2.75) is 18.9 Å². The summed E-state index contributed by atoms with van der Waals surface area (Å²) < 4.78 is 0. The Bertz CT molecular complexity index is 516. The fraction of sp³-hybridized carbons (Fsp3) is 0.286.